The summed E-state index contributed by atoms with van der Waals surface area (Å²) in [4.78, 5) is 38.4. The van der Waals surface area contributed by atoms with E-state index < -0.39 is 0 Å². The fourth-order valence-corrected chi connectivity index (χ4v) is 4.98. The molecule has 11 heteroatoms. The average Bonchev–Trinajstić information content (AvgIpc) is 2.87. The van der Waals surface area contributed by atoms with Crippen LogP contribution >= 0.6 is 11.6 Å². The lowest BCUT2D eigenvalue weighted by atomic mass is 9.92. The number of aromatic nitrogens is 3. The smallest absolute Gasteiger partial charge is 0.293 e. The number of anilines is 3. The number of piperidine rings is 1. The summed E-state index contributed by atoms with van der Waals surface area (Å²) in [6, 6.07) is 7.36. The van der Waals surface area contributed by atoms with Crippen LogP contribution in [-0.2, 0) is 11.3 Å². The van der Waals surface area contributed by atoms with Crippen molar-refractivity contribution in [2.45, 2.75) is 26.8 Å². The fourth-order valence-electron chi connectivity index (χ4n) is 4.84. The van der Waals surface area contributed by atoms with Gasteiger partial charge < -0.3 is 29.7 Å². The second-order valence-corrected chi connectivity index (χ2v) is 10.8. The lowest BCUT2D eigenvalue weighted by molar-refractivity contribution is -0.122. The zero-order valence-electron chi connectivity index (χ0n) is 22.6. The van der Waals surface area contributed by atoms with Gasteiger partial charge in [-0.05, 0) is 56.6 Å². The number of likely N-dealkylation sites (N-methyl/N-ethyl adjacent to an activating group) is 2. The normalized spacial score (nSPS) is 17.6. The maximum absolute atomic E-state index is 13.2. The van der Waals surface area contributed by atoms with Crippen LogP contribution in [0.5, 0.6) is 5.75 Å². The molecule has 0 radical (unpaired) electrons. The first-order chi connectivity index (χ1) is 18.1. The highest BCUT2D eigenvalue weighted by Crippen LogP contribution is 2.30. The number of nitrogens with zero attached hydrogens (tertiary/aromatic N) is 5. The molecule has 38 heavy (non-hydrogen) atoms. The van der Waals surface area contributed by atoms with E-state index in [-0.39, 0.29) is 23.8 Å². The number of carbonyl (C=O) groups excluding carboxylic acids is 1. The number of hydrogen-bond acceptors (Lipinski definition) is 8. The van der Waals surface area contributed by atoms with Crippen molar-refractivity contribution in [3.8, 4) is 5.75 Å². The number of rotatable bonds is 9. The van der Waals surface area contributed by atoms with E-state index in [0.717, 1.165) is 29.7 Å². The van der Waals surface area contributed by atoms with E-state index in [1.807, 2.05) is 37.2 Å². The van der Waals surface area contributed by atoms with Crippen LogP contribution in [0, 0.1) is 11.8 Å². The number of ether oxygens (including phenoxy) is 1. The molecule has 1 aliphatic rings. The number of hydrogen-bond donors (Lipinski definition) is 2. The molecule has 0 spiro atoms. The summed E-state index contributed by atoms with van der Waals surface area (Å²) in [5.41, 5.74) is 1.23. The van der Waals surface area contributed by atoms with E-state index in [1.165, 1.54) is 13.5 Å². The van der Waals surface area contributed by atoms with Gasteiger partial charge in [-0.15, -0.1) is 0 Å². The molecule has 1 fully saturated rings. The highest BCUT2D eigenvalue weighted by atomic mass is 35.5. The van der Waals surface area contributed by atoms with E-state index in [1.54, 1.807) is 16.8 Å². The van der Waals surface area contributed by atoms with Crippen molar-refractivity contribution in [3.63, 3.8) is 0 Å². The summed E-state index contributed by atoms with van der Waals surface area (Å²) in [6.45, 7) is 7.21. The summed E-state index contributed by atoms with van der Waals surface area (Å²) in [5.74, 6) is 2.11. The largest absolute Gasteiger partial charge is 0.478 e. The molecule has 0 bridgehead atoms. The van der Waals surface area contributed by atoms with Gasteiger partial charge in [-0.25, -0.2) is 4.98 Å². The second-order valence-electron chi connectivity index (χ2n) is 10.3. The van der Waals surface area contributed by atoms with E-state index >= 15 is 0 Å². The van der Waals surface area contributed by atoms with Crippen LogP contribution < -0.4 is 25.8 Å². The number of benzene rings is 1. The van der Waals surface area contributed by atoms with Gasteiger partial charge in [-0.1, -0.05) is 25.4 Å². The Morgan fingerprint density at radius 1 is 1.21 bits per heavy atom. The van der Waals surface area contributed by atoms with Gasteiger partial charge in [0, 0.05) is 44.3 Å². The Labute approximate surface area is 228 Å². The molecule has 0 aliphatic carbocycles. The third-order valence-electron chi connectivity index (χ3n) is 6.62. The molecule has 3 aromatic rings. The van der Waals surface area contributed by atoms with E-state index in [4.69, 9.17) is 21.3 Å². The third kappa shape index (κ3) is 6.54. The maximum Gasteiger partial charge on any atom is 0.293 e. The summed E-state index contributed by atoms with van der Waals surface area (Å²) in [6.07, 6.45) is 2.82. The number of pyridine rings is 1. The third-order valence-corrected chi connectivity index (χ3v) is 6.89. The van der Waals surface area contributed by atoms with E-state index in [2.05, 4.69) is 34.4 Å². The summed E-state index contributed by atoms with van der Waals surface area (Å²) >= 11 is 6.47. The molecule has 10 nitrogen and oxygen atoms in total. The Morgan fingerprint density at radius 2 is 1.95 bits per heavy atom. The summed E-state index contributed by atoms with van der Waals surface area (Å²) < 4.78 is 7.27. The molecule has 2 aromatic heterocycles. The molecule has 2 atom stereocenters. The van der Waals surface area contributed by atoms with E-state index in [9.17, 15) is 9.59 Å². The number of nitrogens with one attached hydrogen (secondary N) is 2. The van der Waals surface area contributed by atoms with Crippen LogP contribution in [-0.4, -0.2) is 72.7 Å². The molecule has 1 saturated heterocycles. The van der Waals surface area contributed by atoms with Crippen molar-refractivity contribution < 1.29 is 9.53 Å². The molecule has 1 aliphatic heterocycles. The number of fused-ring (bicyclic) bond motifs is 1. The predicted molar refractivity (Wildman–Crippen MR) is 152 cm³/mol. The zero-order chi connectivity index (χ0) is 27.4. The second kappa shape index (κ2) is 12.0. The Hall–Kier alpha value is -3.37. The first kappa shape index (κ1) is 27.7. The van der Waals surface area contributed by atoms with Gasteiger partial charge in [0.25, 0.3) is 11.5 Å². The number of amides is 1. The molecular weight excluding hydrogens is 506 g/mol. The van der Waals surface area contributed by atoms with Crippen molar-refractivity contribution in [2.24, 2.45) is 11.8 Å². The average molecular weight is 542 g/mol. The Morgan fingerprint density at radius 3 is 2.63 bits per heavy atom. The standard InChI is InChI=1S/C27H36ClN7O3/c1-17-10-18(2)15-34(14-17)27-30-13-21(28)25(32-27)31-20-6-7-22-19(11-20)12-23(38-16-24(36)29-3)26(37)35(22)9-8-33(4)5/h6-7,11-13,17-18H,8-10,14-16H2,1-5H3,(H,29,36)(H,30,31,32)/t17-,18+. The lowest BCUT2D eigenvalue weighted by Gasteiger charge is -2.35. The van der Waals surface area contributed by atoms with Gasteiger partial charge in [-0.2, -0.15) is 4.98 Å². The fraction of sp³-hybridized carbons (Fsp3) is 0.481. The lowest BCUT2D eigenvalue weighted by Crippen LogP contribution is -2.39. The van der Waals surface area contributed by atoms with Gasteiger partial charge in [0.15, 0.2) is 18.2 Å². The minimum atomic E-state index is -0.313. The van der Waals surface area contributed by atoms with Gasteiger partial charge in [0.2, 0.25) is 5.95 Å². The molecular formula is C27H36ClN7O3. The predicted octanol–water partition coefficient (Wildman–Crippen LogP) is 3.36. The van der Waals surface area contributed by atoms with Crippen molar-refractivity contribution >= 4 is 45.9 Å². The van der Waals surface area contributed by atoms with Gasteiger partial charge >= 0.3 is 0 Å². The summed E-state index contributed by atoms with van der Waals surface area (Å²) in [7, 11) is 5.42. The number of carbonyl (C=O) groups is 1. The first-order valence-electron chi connectivity index (χ1n) is 12.8. The van der Waals surface area contributed by atoms with Gasteiger partial charge in [0.05, 0.1) is 11.7 Å². The van der Waals surface area contributed by atoms with Crippen LogP contribution in [0.15, 0.2) is 35.3 Å². The highest BCUT2D eigenvalue weighted by Gasteiger charge is 2.24. The topological polar surface area (TPSA) is 105 Å². The molecule has 204 valence electrons. The van der Waals surface area contributed by atoms with Crippen LogP contribution in [0.2, 0.25) is 5.02 Å². The molecule has 1 amide bonds. The molecule has 3 heterocycles. The molecule has 0 unspecified atom stereocenters. The van der Waals surface area contributed by atoms with Crippen molar-refractivity contribution in [1.82, 2.24) is 24.8 Å². The molecule has 2 N–H and O–H groups in total. The van der Waals surface area contributed by atoms with Crippen molar-refractivity contribution in [2.75, 3.05) is 57.6 Å². The quantitative estimate of drug-likeness (QED) is 0.425. The van der Waals surface area contributed by atoms with Gasteiger partial charge in [-0.3, -0.25) is 9.59 Å². The van der Waals surface area contributed by atoms with Crippen LogP contribution in [0.4, 0.5) is 17.5 Å². The maximum atomic E-state index is 13.2. The molecule has 0 saturated carbocycles. The Bertz CT molecular complexity index is 1350. The van der Waals surface area contributed by atoms with Crippen molar-refractivity contribution in [1.29, 1.82) is 0 Å². The monoisotopic (exact) mass is 541 g/mol. The minimum Gasteiger partial charge on any atom is -0.478 e. The minimum absolute atomic E-state index is 0.118. The zero-order valence-corrected chi connectivity index (χ0v) is 23.4. The Kier molecular flexibility index (Phi) is 8.73. The number of halogens is 1. The van der Waals surface area contributed by atoms with Crippen LogP contribution in [0.1, 0.15) is 20.3 Å². The van der Waals surface area contributed by atoms with E-state index in [0.29, 0.717) is 41.7 Å². The van der Waals surface area contributed by atoms with Gasteiger partial charge in [0.1, 0.15) is 5.02 Å². The molecule has 4 rings (SSSR count). The first-order valence-corrected chi connectivity index (χ1v) is 13.2. The highest BCUT2D eigenvalue weighted by molar-refractivity contribution is 6.32. The van der Waals surface area contributed by atoms with Crippen LogP contribution in [0.3, 0.4) is 0 Å². The SMILES string of the molecule is CNC(=O)COc1cc2cc(Nc3nc(N4C[C@H](C)C[C@H](C)C4)ncc3Cl)ccc2n(CCN(C)C)c1=O. The Balaban J connectivity index is 1.67. The van der Waals surface area contributed by atoms with Crippen LogP contribution in [0.25, 0.3) is 10.9 Å². The molecule has 1 aromatic carbocycles. The summed E-state index contributed by atoms with van der Waals surface area (Å²) in [5, 5.41) is 7.02. The van der Waals surface area contributed by atoms with Crippen molar-refractivity contribution in [3.05, 3.63) is 45.8 Å².